The summed E-state index contributed by atoms with van der Waals surface area (Å²) >= 11 is 3.34. The normalized spacial score (nSPS) is 17.3. The van der Waals surface area contributed by atoms with E-state index in [9.17, 15) is 18.0 Å². The van der Waals surface area contributed by atoms with Gasteiger partial charge in [0.15, 0.2) is 0 Å². The van der Waals surface area contributed by atoms with Gasteiger partial charge in [-0.15, -0.1) is 5.06 Å². The molecule has 0 amide bonds. The van der Waals surface area contributed by atoms with E-state index in [-0.39, 0.29) is 13.1 Å². The number of ether oxygens (including phenoxy) is 1. The van der Waals surface area contributed by atoms with E-state index in [2.05, 4.69) is 25.7 Å². The minimum Gasteiger partial charge on any atom is -0.492 e. The lowest BCUT2D eigenvalue weighted by atomic mass is 10.3. The van der Waals surface area contributed by atoms with E-state index in [1.165, 1.54) is 0 Å². The predicted molar refractivity (Wildman–Crippen MR) is 84.4 cm³/mol. The van der Waals surface area contributed by atoms with E-state index in [0.29, 0.717) is 32.7 Å². The first-order valence-corrected chi connectivity index (χ1v) is 8.29. The largest absolute Gasteiger partial charge is 0.492 e. The molecule has 5 nitrogen and oxygen atoms in total. The second-order valence-electron chi connectivity index (χ2n) is 5.30. The summed E-state index contributed by atoms with van der Waals surface area (Å²) < 4.78 is 43.2. The van der Waals surface area contributed by atoms with Crippen LogP contribution in [0.3, 0.4) is 0 Å². The van der Waals surface area contributed by atoms with Crippen molar-refractivity contribution in [1.82, 2.24) is 9.96 Å². The zero-order valence-electron chi connectivity index (χ0n) is 12.9. The lowest BCUT2D eigenvalue weighted by Gasteiger charge is -2.21. The fourth-order valence-corrected chi connectivity index (χ4v) is 2.52. The van der Waals surface area contributed by atoms with Gasteiger partial charge in [-0.2, -0.15) is 13.2 Å². The van der Waals surface area contributed by atoms with Gasteiger partial charge in [0.1, 0.15) is 12.4 Å². The van der Waals surface area contributed by atoms with Gasteiger partial charge in [0, 0.05) is 30.7 Å². The number of alkyl halides is 3. The Morgan fingerprint density at radius 2 is 1.83 bits per heavy atom. The standard InChI is InChI=1S/C15H18BrF3N2O3/c16-12-2-4-13(5-3-12)23-11-10-20-6-1-7-21(9-8-20)24-14(22)15(17,18)19/h2-5H,1,6-11H2. The van der Waals surface area contributed by atoms with Gasteiger partial charge in [-0.1, -0.05) is 15.9 Å². The molecule has 1 aromatic rings. The van der Waals surface area contributed by atoms with Crippen LogP contribution < -0.4 is 4.74 Å². The van der Waals surface area contributed by atoms with Crippen LogP contribution in [0.1, 0.15) is 6.42 Å². The number of hydrogen-bond donors (Lipinski definition) is 0. The number of halogens is 4. The molecule has 1 saturated heterocycles. The molecule has 0 bridgehead atoms. The third-order valence-electron chi connectivity index (χ3n) is 3.48. The van der Waals surface area contributed by atoms with Gasteiger partial charge < -0.3 is 9.57 Å². The van der Waals surface area contributed by atoms with Gasteiger partial charge in [0.2, 0.25) is 0 Å². The zero-order chi connectivity index (χ0) is 17.6. The molecular formula is C15H18BrF3N2O3. The molecule has 24 heavy (non-hydrogen) atoms. The summed E-state index contributed by atoms with van der Waals surface area (Å²) in [6.45, 7) is 2.87. The van der Waals surface area contributed by atoms with Crippen LogP contribution in [0.4, 0.5) is 13.2 Å². The summed E-state index contributed by atoms with van der Waals surface area (Å²) in [6.07, 6.45) is -4.35. The number of hydroxylamine groups is 2. The number of carbonyl (C=O) groups is 1. The van der Waals surface area contributed by atoms with E-state index in [1.807, 2.05) is 24.3 Å². The van der Waals surface area contributed by atoms with E-state index < -0.39 is 12.1 Å². The highest BCUT2D eigenvalue weighted by molar-refractivity contribution is 9.10. The van der Waals surface area contributed by atoms with Crippen molar-refractivity contribution in [2.45, 2.75) is 12.6 Å². The van der Waals surface area contributed by atoms with Crippen molar-refractivity contribution in [1.29, 1.82) is 0 Å². The van der Waals surface area contributed by atoms with Crippen LogP contribution >= 0.6 is 15.9 Å². The van der Waals surface area contributed by atoms with Gasteiger partial charge in [-0.3, -0.25) is 4.90 Å². The lowest BCUT2D eigenvalue weighted by molar-refractivity contribution is -0.237. The highest BCUT2D eigenvalue weighted by atomic mass is 79.9. The van der Waals surface area contributed by atoms with Crippen LogP contribution in [0.2, 0.25) is 0 Å². The van der Waals surface area contributed by atoms with Gasteiger partial charge >= 0.3 is 12.1 Å². The van der Waals surface area contributed by atoms with E-state index in [0.717, 1.165) is 15.3 Å². The Kier molecular flexibility index (Phi) is 6.88. The molecule has 1 fully saturated rings. The molecule has 134 valence electrons. The van der Waals surface area contributed by atoms with Crippen LogP contribution in [0.5, 0.6) is 5.75 Å². The molecule has 0 unspecified atom stereocenters. The summed E-state index contributed by atoms with van der Waals surface area (Å²) in [4.78, 5) is 17.3. The second-order valence-corrected chi connectivity index (χ2v) is 6.22. The monoisotopic (exact) mass is 410 g/mol. The molecule has 0 atom stereocenters. The van der Waals surface area contributed by atoms with Crippen LogP contribution in [-0.4, -0.2) is 61.4 Å². The number of benzene rings is 1. The minimum atomic E-state index is -4.97. The molecule has 0 N–H and O–H groups in total. The van der Waals surface area contributed by atoms with E-state index in [1.54, 1.807) is 0 Å². The Hall–Kier alpha value is -1.32. The quantitative estimate of drug-likeness (QED) is 0.746. The summed E-state index contributed by atoms with van der Waals surface area (Å²) in [6, 6.07) is 7.47. The summed E-state index contributed by atoms with van der Waals surface area (Å²) in [5.41, 5.74) is 0. The van der Waals surface area contributed by atoms with Crippen molar-refractivity contribution >= 4 is 21.9 Å². The van der Waals surface area contributed by atoms with Crippen molar-refractivity contribution in [3.8, 4) is 5.75 Å². The first-order chi connectivity index (χ1) is 11.3. The van der Waals surface area contributed by atoms with Crippen molar-refractivity contribution in [3.05, 3.63) is 28.7 Å². The van der Waals surface area contributed by atoms with Crippen molar-refractivity contribution in [2.75, 3.05) is 39.3 Å². The highest BCUT2D eigenvalue weighted by Crippen LogP contribution is 2.18. The highest BCUT2D eigenvalue weighted by Gasteiger charge is 2.42. The number of carbonyl (C=O) groups excluding carboxylic acids is 1. The Balaban J connectivity index is 1.71. The molecule has 2 rings (SSSR count). The maximum atomic E-state index is 12.2. The smallest absolute Gasteiger partial charge is 0.492 e. The summed E-state index contributed by atoms with van der Waals surface area (Å²) in [5, 5.41) is 1.07. The number of hydrogen-bond acceptors (Lipinski definition) is 5. The second kappa shape index (κ2) is 8.68. The Morgan fingerprint density at radius 3 is 2.50 bits per heavy atom. The SMILES string of the molecule is O=C(ON1CCCN(CCOc2ccc(Br)cc2)CC1)C(F)(F)F. The Morgan fingerprint density at radius 1 is 1.12 bits per heavy atom. The van der Waals surface area contributed by atoms with Crippen LogP contribution in [-0.2, 0) is 9.63 Å². The summed E-state index contributed by atoms with van der Waals surface area (Å²) in [5.74, 6) is -1.41. The molecule has 1 aliphatic rings. The van der Waals surface area contributed by atoms with Crippen LogP contribution in [0.25, 0.3) is 0 Å². The third kappa shape index (κ3) is 6.29. The molecule has 9 heteroatoms. The first-order valence-electron chi connectivity index (χ1n) is 7.49. The topological polar surface area (TPSA) is 42.0 Å². The van der Waals surface area contributed by atoms with Crippen molar-refractivity contribution < 1.29 is 27.5 Å². The molecule has 0 spiro atoms. The average molecular weight is 411 g/mol. The lowest BCUT2D eigenvalue weighted by Crippen LogP contribution is -2.37. The molecule has 1 aromatic carbocycles. The maximum Gasteiger partial charge on any atom is 0.492 e. The molecule has 1 heterocycles. The van der Waals surface area contributed by atoms with Crippen molar-refractivity contribution in [3.63, 3.8) is 0 Å². The fourth-order valence-electron chi connectivity index (χ4n) is 2.25. The third-order valence-corrected chi connectivity index (χ3v) is 4.01. The van der Waals surface area contributed by atoms with Gasteiger partial charge in [-0.25, -0.2) is 4.79 Å². The van der Waals surface area contributed by atoms with Gasteiger partial charge in [0.05, 0.1) is 0 Å². The average Bonchev–Trinajstić information content (AvgIpc) is 2.74. The molecular weight excluding hydrogens is 393 g/mol. The Labute approximate surface area is 146 Å². The maximum absolute atomic E-state index is 12.2. The zero-order valence-corrected chi connectivity index (χ0v) is 14.5. The van der Waals surface area contributed by atoms with E-state index in [4.69, 9.17) is 4.74 Å². The van der Waals surface area contributed by atoms with Gasteiger partial charge in [-0.05, 0) is 37.2 Å². The Bertz CT molecular complexity index is 540. The summed E-state index contributed by atoms with van der Waals surface area (Å²) in [7, 11) is 0. The molecule has 0 saturated carbocycles. The van der Waals surface area contributed by atoms with Crippen LogP contribution in [0.15, 0.2) is 28.7 Å². The van der Waals surface area contributed by atoms with Crippen LogP contribution in [0, 0.1) is 0 Å². The number of rotatable bonds is 5. The molecule has 0 aromatic heterocycles. The number of nitrogens with zero attached hydrogens (tertiary/aromatic N) is 2. The molecule has 0 radical (unpaired) electrons. The molecule has 0 aliphatic carbocycles. The predicted octanol–water partition coefficient (Wildman–Crippen LogP) is 2.86. The molecule has 1 aliphatic heterocycles. The van der Waals surface area contributed by atoms with Crippen molar-refractivity contribution in [2.24, 2.45) is 0 Å². The van der Waals surface area contributed by atoms with E-state index >= 15 is 0 Å². The minimum absolute atomic E-state index is 0.236. The fraction of sp³-hybridized carbons (Fsp3) is 0.533. The first kappa shape index (κ1) is 19.0. The van der Waals surface area contributed by atoms with Gasteiger partial charge in [0.25, 0.3) is 0 Å².